The molecule has 1 aromatic carbocycles. The van der Waals surface area contributed by atoms with Crippen molar-refractivity contribution in [1.82, 2.24) is 10.2 Å². The number of carbonyl (C=O) groups excluding carboxylic acids is 1. The molecule has 0 aliphatic rings. The summed E-state index contributed by atoms with van der Waals surface area (Å²) >= 11 is 0. The Hall–Kier alpha value is -2.56. The highest BCUT2D eigenvalue weighted by atomic mass is 16.3. The Morgan fingerprint density at radius 3 is 2.76 bits per heavy atom. The van der Waals surface area contributed by atoms with Gasteiger partial charge in [0.25, 0.3) is 5.56 Å². The first-order valence-corrected chi connectivity index (χ1v) is 5.04. The second-order valence-corrected chi connectivity index (χ2v) is 3.66. The van der Waals surface area contributed by atoms with E-state index in [0.717, 1.165) is 5.56 Å². The van der Waals surface area contributed by atoms with Crippen molar-refractivity contribution in [3.8, 4) is 11.3 Å². The van der Waals surface area contributed by atoms with Crippen LogP contribution in [0.15, 0.2) is 39.5 Å². The van der Waals surface area contributed by atoms with Gasteiger partial charge < -0.3 is 4.42 Å². The number of hydrogen-bond donors (Lipinski definition) is 2. The molecule has 0 spiro atoms. The monoisotopic (exact) mass is 228 g/mol. The first-order valence-electron chi connectivity index (χ1n) is 5.04. The fourth-order valence-corrected chi connectivity index (χ4v) is 1.76. The molecule has 0 atom stereocenters. The van der Waals surface area contributed by atoms with Crippen molar-refractivity contribution in [3.63, 3.8) is 0 Å². The molecule has 3 rings (SSSR count). The molecule has 0 aliphatic heterocycles. The highest BCUT2D eigenvalue weighted by Crippen LogP contribution is 2.23. The molecule has 5 heteroatoms. The average Bonchev–Trinajstić information content (AvgIpc) is 2.96. The second-order valence-electron chi connectivity index (χ2n) is 3.66. The number of carbonyl (C=O) groups is 1. The molecular formula is C12H8N2O3. The van der Waals surface area contributed by atoms with Crippen LogP contribution in [0.4, 0.5) is 0 Å². The predicted octanol–water partition coefficient (Wildman–Crippen LogP) is 1.93. The number of furan rings is 1. The number of fused-ring (bicyclic) bond motifs is 1. The number of benzene rings is 1. The van der Waals surface area contributed by atoms with Gasteiger partial charge in [-0.25, -0.2) is 0 Å². The fourth-order valence-electron chi connectivity index (χ4n) is 1.76. The minimum absolute atomic E-state index is 0.153. The maximum atomic E-state index is 11.3. The van der Waals surface area contributed by atoms with E-state index in [1.54, 1.807) is 30.3 Å². The largest absolute Gasteiger partial charge is 0.453 e. The molecule has 0 radical (unpaired) electrons. The zero-order valence-electron chi connectivity index (χ0n) is 8.69. The Balaban J connectivity index is 2.17. The van der Waals surface area contributed by atoms with E-state index in [2.05, 4.69) is 10.2 Å². The minimum atomic E-state index is -0.153. The van der Waals surface area contributed by atoms with Crippen molar-refractivity contribution < 1.29 is 9.21 Å². The Morgan fingerprint density at radius 1 is 1.12 bits per heavy atom. The Morgan fingerprint density at radius 2 is 2.00 bits per heavy atom. The van der Waals surface area contributed by atoms with Crippen molar-refractivity contribution >= 4 is 17.2 Å². The van der Waals surface area contributed by atoms with Crippen molar-refractivity contribution in [3.05, 3.63) is 46.4 Å². The van der Waals surface area contributed by atoms with Gasteiger partial charge in [-0.15, -0.1) is 0 Å². The van der Waals surface area contributed by atoms with Gasteiger partial charge in [-0.3, -0.25) is 19.8 Å². The normalized spacial score (nSPS) is 10.8. The molecule has 84 valence electrons. The molecule has 2 heterocycles. The summed E-state index contributed by atoms with van der Waals surface area (Å²) in [5.74, 6) is 0.874. The summed E-state index contributed by atoms with van der Waals surface area (Å²) in [6, 6.07) is 8.60. The van der Waals surface area contributed by atoms with E-state index in [1.807, 2.05) is 0 Å². The topological polar surface area (TPSA) is 78.9 Å². The van der Waals surface area contributed by atoms with E-state index < -0.39 is 0 Å². The minimum Gasteiger partial charge on any atom is -0.453 e. The Kier molecular flexibility index (Phi) is 1.98. The molecule has 2 aromatic heterocycles. The smallest absolute Gasteiger partial charge is 0.271 e. The maximum Gasteiger partial charge on any atom is 0.271 e. The van der Waals surface area contributed by atoms with Crippen LogP contribution in [-0.4, -0.2) is 16.5 Å². The molecule has 0 amide bonds. The van der Waals surface area contributed by atoms with Crippen LogP contribution in [-0.2, 0) is 0 Å². The number of aromatic nitrogens is 2. The highest BCUT2D eigenvalue weighted by Gasteiger charge is 2.07. The number of hydrogen-bond acceptors (Lipinski definition) is 3. The van der Waals surface area contributed by atoms with Crippen molar-refractivity contribution in [2.45, 2.75) is 0 Å². The van der Waals surface area contributed by atoms with Crippen LogP contribution < -0.4 is 5.56 Å². The van der Waals surface area contributed by atoms with E-state index in [-0.39, 0.29) is 11.3 Å². The summed E-state index contributed by atoms with van der Waals surface area (Å²) in [6.07, 6.45) is 0.653. The van der Waals surface area contributed by atoms with Crippen LogP contribution in [0.3, 0.4) is 0 Å². The lowest BCUT2D eigenvalue weighted by molar-refractivity contribution is 0.110. The van der Waals surface area contributed by atoms with E-state index in [4.69, 9.17) is 4.42 Å². The van der Waals surface area contributed by atoms with Crippen LogP contribution in [0.25, 0.3) is 22.2 Å². The quantitative estimate of drug-likeness (QED) is 0.658. The standard InChI is InChI=1S/C12H8N2O3/c15-6-8-2-4-11(17-8)7-1-3-9-10(5-7)13-14-12(9)16/h1-6H,(H2,13,14,16). The maximum absolute atomic E-state index is 11.3. The zero-order chi connectivity index (χ0) is 11.8. The van der Waals surface area contributed by atoms with Gasteiger partial charge in [0.05, 0.1) is 10.9 Å². The first kappa shape index (κ1) is 9.65. The molecule has 0 unspecified atom stereocenters. The van der Waals surface area contributed by atoms with E-state index in [0.29, 0.717) is 22.9 Å². The third-order valence-electron chi connectivity index (χ3n) is 2.60. The van der Waals surface area contributed by atoms with Crippen molar-refractivity contribution in [2.24, 2.45) is 0 Å². The zero-order valence-corrected chi connectivity index (χ0v) is 8.69. The van der Waals surface area contributed by atoms with E-state index >= 15 is 0 Å². The number of H-pyrrole nitrogens is 2. The van der Waals surface area contributed by atoms with Crippen LogP contribution in [0.5, 0.6) is 0 Å². The summed E-state index contributed by atoms with van der Waals surface area (Å²) in [6.45, 7) is 0. The van der Waals surface area contributed by atoms with Crippen LogP contribution in [0.2, 0.25) is 0 Å². The van der Waals surface area contributed by atoms with Crippen LogP contribution in [0.1, 0.15) is 10.6 Å². The molecule has 5 nitrogen and oxygen atoms in total. The van der Waals surface area contributed by atoms with Crippen LogP contribution >= 0.6 is 0 Å². The summed E-state index contributed by atoms with van der Waals surface area (Å²) in [4.78, 5) is 21.8. The molecule has 0 aliphatic carbocycles. The number of nitrogens with one attached hydrogen (secondary N) is 2. The van der Waals surface area contributed by atoms with Gasteiger partial charge in [-0.05, 0) is 24.3 Å². The molecule has 3 aromatic rings. The summed E-state index contributed by atoms with van der Waals surface area (Å²) in [5, 5.41) is 5.87. The Bertz CT molecular complexity index is 748. The fraction of sp³-hybridized carbons (Fsp3) is 0. The third kappa shape index (κ3) is 1.48. The molecule has 0 saturated heterocycles. The molecule has 0 bridgehead atoms. The van der Waals surface area contributed by atoms with Gasteiger partial charge in [0.1, 0.15) is 5.76 Å². The lowest BCUT2D eigenvalue weighted by Gasteiger charge is -1.96. The Labute approximate surface area is 95.0 Å². The third-order valence-corrected chi connectivity index (χ3v) is 2.60. The number of rotatable bonds is 2. The summed E-state index contributed by atoms with van der Waals surface area (Å²) < 4.78 is 5.30. The van der Waals surface area contributed by atoms with Gasteiger partial charge in [0.2, 0.25) is 0 Å². The van der Waals surface area contributed by atoms with Gasteiger partial charge in [-0.1, -0.05) is 6.07 Å². The molecule has 0 saturated carbocycles. The van der Waals surface area contributed by atoms with E-state index in [1.165, 1.54) is 0 Å². The molecule has 0 fully saturated rings. The average molecular weight is 228 g/mol. The molecule has 2 N–H and O–H groups in total. The SMILES string of the molecule is O=Cc1ccc(-c2ccc3c(=O)[nH][nH]c3c2)o1. The number of aldehydes is 1. The predicted molar refractivity (Wildman–Crippen MR) is 62.0 cm³/mol. The lowest BCUT2D eigenvalue weighted by Crippen LogP contribution is -1.96. The van der Waals surface area contributed by atoms with Gasteiger partial charge in [-0.2, -0.15) is 0 Å². The van der Waals surface area contributed by atoms with Gasteiger partial charge >= 0.3 is 0 Å². The number of aromatic amines is 2. The molecular weight excluding hydrogens is 220 g/mol. The van der Waals surface area contributed by atoms with E-state index in [9.17, 15) is 9.59 Å². The van der Waals surface area contributed by atoms with Gasteiger partial charge in [0, 0.05) is 5.56 Å². The summed E-state index contributed by atoms with van der Waals surface area (Å²) in [7, 11) is 0. The second kappa shape index (κ2) is 3.48. The summed E-state index contributed by atoms with van der Waals surface area (Å²) in [5.41, 5.74) is 1.36. The van der Waals surface area contributed by atoms with Crippen molar-refractivity contribution in [1.29, 1.82) is 0 Å². The van der Waals surface area contributed by atoms with Crippen molar-refractivity contribution in [2.75, 3.05) is 0 Å². The highest BCUT2D eigenvalue weighted by molar-refractivity contribution is 5.83. The lowest BCUT2D eigenvalue weighted by atomic mass is 10.1. The van der Waals surface area contributed by atoms with Crippen LogP contribution in [0, 0.1) is 0 Å². The first-order chi connectivity index (χ1) is 8.28. The van der Waals surface area contributed by atoms with Gasteiger partial charge in [0.15, 0.2) is 12.0 Å². The molecule has 17 heavy (non-hydrogen) atoms.